The molecule has 0 amide bonds. The summed E-state index contributed by atoms with van der Waals surface area (Å²) >= 11 is 1.43. The Bertz CT molecular complexity index is 564. The van der Waals surface area contributed by atoms with Gasteiger partial charge in [-0.25, -0.2) is 4.98 Å². The molecule has 0 aliphatic rings. The van der Waals surface area contributed by atoms with Crippen molar-refractivity contribution in [1.29, 1.82) is 0 Å². The molecule has 0 atom stereocenters. The second kappa shape index (κ2) is 5.01. The maximum atomic E-state index is 10.3. The monoisotopic (exact) mass is 267 g/mol. The maximum Gasteiger partial charge on any atom is 0.256 e. The SMILES string of the molecule is CCN(CC)c1c(C)nc2nc(SC)nn2c1O. The predicted molar refractivity (Wildman–Crippen MR) is 72.5 cm³/mol. The van der Waals surface area contributed by atoms with Gasteiger partial charge in [0.05, 0.1) is 5.69 Å². The summed E-state index contributed by atoms with van der Waals surface area (Å²) < 4.78 is 1.40. The number of aromatic hydroxyl groups is 1. The van der Waals surface area contributed by atoms with E-state index >= 15 is 0 Å². The van der Waals surface area contributed by atoms with Crippen LogP contribution in [0.4, 0.5) is 5.69 Å². The van der Waals surface area contributed by atoms with Crippen molar-refractivity contribution in [2.75, 3.05) is 24.2 Å². The van der Waals surface area contributed by atoms with E-state index in [0.29, 0.717) is 10.9 Å². The van der Waals surface area contributed by atoms with Gasteiger partial charge in [0.1, 0.15) is 5.69 Å². The lowest BCUT2D eigenvalue weighted by Crippen LogP contribution is -2.24. The zero-order valence-corrected chi connectivity index (χ0v) is 11.8. The molecule has 0 aliphatic carbocycles. The van der Waals surface area contributed by atoms with Gasteiger partial charge in [-0.3, -0.25) is 0 Å². The minimum absolute atomic E-state index is 0.106. The van der Waals surface area contributed by atoms with E-state index < -0.39 is 0 Å². The van der Waals surface area contributed by atoms with Crippen molar-refractivity contribution in [3.63, 3.8) is 0 Å². The van der Waals surface area contributed by atoms with Crippen LogP contribution < -0.4 is 4.90 Å². The molecule has 2 aromatic rings. The molecular weight excluding hydrogens is 250 g/mol. The summed E-state index contributed by atoms with van der Waals surface area (Å²) in [6.07, 6.45) is 1.89. The van der Waals surface area contributed by atoms with E-state index in [0.717, 1.165) is 24.5 Å². The lowest BCUT2D eigenvalue weighted by Gasteiger charge is -2.23. The van der Waals surface area contributed by atoms with Crippen LogP contribution in [0.25, 0.3) is 5.78 Å². The summed E-state index contributed by atoms with van der Waals surface area (Å²) in [4.78, 5) is 10.7. The lowest BCUT2D eigenvalue weighted by molar-refractivity contribution is 0.432. The molecule has 0 spiro atoms. The Hall–Kier alpha value is -1.50. The number of fused-ring (bicyclic) bond motifs is 1. The Morgan fingerprint density at radius 3 is 2.50 bits per heavy atom. The Morgan fingerprint density at radius 1 is 1.28 bits per heavy atom. The molecule has 2 heterocycles. The van der Waals surface area contributed by atoms with Crippen molar-refractivity contribution in [2.24, 2.45) is 0 Å². The summed E-state index contributed by atoms with van der Waals surface area (Å²) in [7, 11) is 0. The third-order valence-electron chi connectivity index (χ3n) is 2.86. The Kier molecular flexibility index (Phi) is 3.60. The number of hydrogen-bond donors (Lipinski definition) is 1. The fraction of sp³-hybridized carbons (Fsp3) is 0.545. The number of aromatic nitrogens is 4. The highest BCUT2D eigenvalue weighted by molar-refractivity contribution is 7.98. The minimum Gasteiger partial charge on any atom is -0.492 e. The molecule has 7 heteroatoms. The van der Waals surface area contributed by atoms with Crippen molar-refractivity contribution in [1.82, 2.24) is 19.6 Å². The quantitative estimate of drug-likeness (QED) is 0.851. The van der Waals surface area contributed by atoms with E-state index in [1.54, 1.807) is 0 Å². The van der Waals surface area contributed by atoms with Crippen LogP contribution in [0.3, 0.4) is 0 Å². The summed E-state index contributed by atoms with van der Waals surface area (Å²) in [6, 6.07) is 0. The van der Waals surface area contributed by atoms with E-state index in [1.807, 2.05) is 27.0 Å². The van der Waals surface area contributed by atoms with Gasteiger partial charge in [0.25, 0.3) is 5.78 Å². The second-order valence-corrected chi connectivity index (χ2v) is 4.63. The van der Waals surface area contributed by atoms with Crippen LogP contribution in [0.15, 0.2) is 5.16 Å². The summed E-state index contributed by atoms with van der Waals surface area (Å²) in [5.41, 5.74) is 1.49. The largest absolute Gasteiger partial charge is 0.492 e. The number of hydrogen-bond acceptors (Lipinski definition) is 6. The molecule has 98 valence electrons. The molecular formula is C11H17N5OS. The molecule has 0 aliphatic heterocycles. The second-order valence-electron chi connectivity index (χ2n) is 3.85. The predicted octanol–water partition coefficient (Wildman–Crippen LogP) is 1.71. The fourth-order valence-corrected chi connectivity index (χ4v) is 2.30. The van der Waals surface area contributed by atoms with Crippen LogP contribution in [-0.2, 0) is 0 Å². The van der Waals surface area contributed by atoms with Crippen molar-refractivity contribution in [2.45, 2.75) is 25.9 Å². The average Bonchev–Trinajstić information content (AvgIpc) is 2.77. The molecule has 0 fully saturated rings. The van der Waals surface area contributed by atoms with Gasteiger partial charge in [-0.15, -0.1) is 5.10 Å². The van der Waals surface area contributed by atoms with Crippen molar-refractivity contribution >= 4 is 23.2 Å². The molecule has 0 saturated carbocycles. The summed E-state index contributed by atoms with van der Waals surface area (Å²) in [5.74, 6) is 0.541. The molecule has 0 saturated heterocycles. The molecule has 2 aromatic heterocycles. The van der Waals surface area contributed by atoms with Gasteiger partial charge in [-0.1, -0.05) is 11.8 Å². The van der Waals surface area contributed by atoms with Crippen LogP contribution in [0.2, 0.25) is 0 Å². The zero-order chi connectivity index (χ0) is 13.3. The maximum absolute atomic E-state index is 10.3. The van der Waals surface area contributed by atoms with Gasteiger partial charge < -0.3 is 10.0 Å². The molecule has 1 N–H and O–H groups in total. The van der Waals surface area contributed by atoms with E-state index in [4.69, 9.17) is 0 Å². The van der Waals surface area contributed by atoms with Crippen LogP contribution in [0, 0.1) is 6.92 Å². The number of nitrogens with zero attached hydrogens (tertiary/aromatic N) is 5. The first-order valence-electron chi connectivity index (χ1n) is 5.87. The van der Waals surface area contributed by atoms with Crippen LogP contribution >= 0.6 is 11.8 Å². The van der Waals surface area contributed by atoms with Crippen LogP contribution in [-0.4, -0.2) is 44.0 Å². The van der Waals surface area contributed by atoms with E-state index in [1.165, 1.54) is 16.3 Å². The first-order chi connectivity index (χ1) is 8.62. The zero-order valence-electron chi connectivity index (χ0n) is 11.0. The number of anilines is 1. The lowest BCUT2D eigenvalue weighted by atomic mass is 10.3. The first kappa shape index (κ1) is 12.9. The highest BCUT2D eigenvalue weighted by Gasteiger charge is 2.18. The minimum atomic E-state index is 0.106. The highest BCUT2D eigenvalue weighted by Crippen LogP contribution is 2.30. The van der Waals surface area contributed by atoms with Gasteiger partial charge in [0.2, 0.25) is 11.0 Å². The van der Waals surface area contributed by atoms with Gasteiger partial charge in [-0.05, 0) is 27.0 Å². The number of rotatable bonds is 4. The smallest absolute Gasteiger partial charge is 0.256 e. The standard InChI is InChI=1S/C11H17N5OS/c1-5-15(6-2)8-7(3)12-10-13-11(18-4)14-16(10)9(8)17/h17H,5-6H2,1-4H3. The normalized spacial score (nSPS) is 11.1. The molecule has 6 nitrogen and oxygen atoms in total. The van der Waals surface area contributed by atoms with E-state index in [9.17, 15) is 5.11 Å². The molecule has 0 aromatic carbocycles. The first-order valence-corrected chi connectivity index (χ1v) is 7.10. The molecule has 0 bridgehead atoms. The molecule has 0 unspecified atom stereocenters. The molecule has 18 heavy (non-hydrogen) atoms. The third kappa shape index (κ3) is 1.98. The third-order valence-corrected chi connectivity index (χ3v) is 3.39. The Balaban J connectivity index is 2.67. The van der Waals surface area contributed by atoms with Crippen LogP contribution in [0.1, 0.15) is 19.5 Å². The van der Waals surface area contributed by atoms with Crippen molar-refractivity contribution in [3.8, 4) is 5.88 Å². The highest BCUT2D eigenvalue weighted by atomic mass is 32.2. The summed E-state index contributed by atoms with van der Waals surface area (Å²) in [6.45, 7) is 7.58. The van der Waals surface area contributed by atoms with Gasteiger partial charge in [0, 0.05) is 13.1 Å². The molecule has 2 rings (SSSR count). The topological polar surface area (TPSA) is 66.6 Å². The number of aryl methyl sites for hydroxylation is 1. The summed E-state index contributed by atoms with van der Waals surface area (Å²) in [5, 5.41) is 15.2. The van der Waals surface area contributed by atoms with E-state index in [2.05, 4.69) is 20.0 Å². The van der Waals surface area contributed by atoms with Crippen LogP contribution in [0.5, 0.6) is 5.88 Å². The van der Waals surface area contributed by atoms with Gasteiger partial charge in [0.15, 0.2) is 0 Å². The fourth-order valence-electron chi connectivity index (χ4n) is 1.96. The van der Waals surface area contributed by atoms with Crippen molar-refractivity contribution in [3.05, 3.63) is 5.69 Å². The van der Waals surface area contributed by atoms with Crippen molar-refractivity contribution < 1.29 is 5.11 Å². The van der Waals surface area contributed by atoms with Gasteiger partial charge >= 0.3 is 0 Å². The average molecular weight is 267 g/mol. The van der Waals surface area contributed by atoms with Gasteiger partial charge in [-0.2, -0.15) is 9.50 Å². The van der Waals surface area contributed by atoms with E-state index in [-0.39, 0.29) is 5.88 Å². The Labute approximate surface area is 110 Å². The Morgan fingerprint density at radius 2 is 1.94 bits per heavy atom. The number of thioether (sulfide) groups is 1. The molecule has 0 radical (unpaired) electrons.